The first-order chi connectivity index (χ1) is 15.7. The lowest BCUT2D eigenvalue weighted by atomic mass is 9.73. The Balaban J connectivity index is 1.37. The smallest absolute Gasteiger partial charge is 0.237 e. The molecule has 0 aliphatic carbocycles. The molecule has 1 amide bonds. The maximum Gasteiger partial charge on any atom is 0.237 e. The summed E-state index contributed by atoms with van der Waals surface area (Å²) in [5, 5.41) is 0.646. The van der Waals surface area contributed by atoms with Gasteiger partial charge < -0.3 is 14.4 Å². The largest absolute Gasteiger partial charge is 0.492 e. The fraction of sp³-hybridized carbons (Fsp3) is 0.458. The summed E-state index contributed by atoms with van der Waals surface area (Å²) < 4.78 is 34.2. The summed E-state index contributed by atoms with van der Waals surface area (Å²) in [5.74, 6) is 0.776. The lowest BCUT2D eigenvalue weighted by Crippen LogP contribution is -2.49. The van der Waals surface area contributed by atoms with Crippen LogP contribution in [0, 0.1) is 0 Å². The van der Waals surface area contributed by atoms with E-state index in [1.807, 2.05) is 23.1 Å². The highest BCUT2D eigenvalue weighted by atomic mass is 35.5. The number of hydrogen-bond donors (Lipinski definition) is 0. The number of benzene rings is 2. The molecule has 0 radical (unpaired) electrons. The van der Waals surface area contributed by atoms with E-state index in [4.69, 9.17) is 21.1 Å². The number of rotatable bonds is 8. The number of nitrogens with zero attached hydrogens (tertiary/aromatic N) is 2. The monoisotopic (exact) mass is 492 g/mol. The highest BCUT2D eigenvalue weighted by Gasteiger charge is 2.51. The molecule has 0 aromatic heterocycles. The van der Waals surface area contributed by atoms with Crippen molar-refractivity contribution in [3.05, 3.63) is 53.1 Å². The number of sulfone groups is 1. The SMILES string of the molecule is COCCN1C(=O)C2(CCN(CCOc3ccc(S(C)(=O)=O)cc3)CC2)c2cc(Cl)ccc21. The van der Waals surface area contributed by atoms with Crippen molar-refractivity contribution >= 4 is 33.0 Å². The second-order valence-electron chi connectivity index (χ2n) is 8.63. The molecule has 2 aliphatic heterocycles. The average Bonchev–Trinajstić information content (AvgIpc) is 3.00. The zero-order chi connectivity index (χ0) is 23.6. The summed E-state index contributed by atoms with van der Waals surface area (Å²) in [5.41, 5.74) is 1.43. The van der Waals surface area contributed by atoms with Crippen molar-refractivity contribution in [1.29, 1.82) is 0 Å². The summed E-state index contributed by atoms with van der Waals surface area (Å²) >= 11 is 6.30. The molecule has 0 atom stereocenters. The zero-order valence-corrected chi connectivity index (χ0v) is 20.5. The van der Waals surface area contributed by atoms with E-state index in [0.29, 0.717) is 30.5 Å². The molecule has 0 bridgehead atoms. The number of carbonyl (C=O) groups is 1. The maximum absolute atomic E-state index is 13.5. The molecule has 1 spiro atoms. The number of ether oxygens (including phenoxy) is 2. The summed E-state index contributed by atoms with van der Waals surface area (Å²) in [6, 6.07) is 12.2. The number of amides is 1. The van der Waals surface area contributed by atoms with E-state index in [-0.39, 0.29) is 10.8 Å². The number of hydrogen-bond acceptors (Lipinski definition) is 6. The molecule has 2 aliphatic rings. The molecule has 4 rings (SSSR count). The van der Waals surface area contributed by atoms with Gasteiger partial charge in [0.05, 0.1) is 16.9 Å². The number of methoxy groups -OCH3 is 1. The van der Waals surface area contributed by atoms with Gasteiger partial charge in [-0.15, -0.1) is 0 Å². The average molecular weight is 493 g/mol. The Labute approximate surface area is 200 Å². The molecule has 2 aromatic rings. The predicted octanol–water partition coefficient (Wildman–Crippen LogP) is 3.15. The minimum absolute atomic E-state index is 0.138. The van der Waals surface area contributed by atoms with Gasteiger partial charge in [0.15, 0.2) is 9.84 Å². The fourth-order valence-corrected chi connectivity index (χ4v) is 5.53. The third-order valence-electron chi connectivity index (χ3n) is 6.58. The lowest BCUT2D eigenvalue weighted by molar-refractivity contribution is -0.125. The highest BCUT2D eigenvalue weighted by molar-refractivity contribution is 7.90. The van der Waals surface area contributed by atoms with Crippen LogP contribution >= 0.6 is 11.6 Å². The first kappa shape index (κ1) is 24.0. The second-order valence-corrected chi connectivity index (χ2v) is 11.1. The van der Waals surface area contributed by atoms with Crippen LogP contribution in [0.15, 0.2) is 47.4 Å². The number of halogens is 1. The van der Waals surface area contributed by atoms with Gasteiger partial charge in [0, 0.05) is 37.2 Å². The highest BCUT2D eigenvalue weighted by Crippen LogP contribution is 2.48. The van der Waals surface area contributed by atoms with Gasteiger partial charge in [-0.3, -0.25) is 9.69 Å². The van der Waals surface area contributed by atoms with Crippen molar-refractivity contribution in [2.24, 2.45) is 0 Å². The molecule has 0 saturated carbocycles. The van der Waals surface area contributed by atoms with Gasteiger partial charge in [-0.2, -0.15) is 0 Å². The van der Waals surface area contributed by atoms with E-state index < -0.39 is 15.3 Å². The van der Waals surface area contributed by atoms with Gasteiger partial charge in [-0.05, 0) is 74.0 Å². The lowest BCUT2D eigenvalue weighted by Gasteiger charge is -2.38. The van der Waals surface area contributed by atoms with E-state index in [0.717, 1.165) is 43.7 Å². The molecule has 178 valence electrons. The van der Waals surface area contributed by atoms with E-state index >= 15 is 0 Å². The van der Waals surface area contributed by atoms with Crippen molar-refractivity contribution in [3.8, 4) is 5.75 Å². The van der Waals surface area contributed by atoms with E-state index in [1.54, 1.807) is 31.4 Å². The molecule has 9 heteroatoms. The fourth-order valence-electron chi connectivity index (χ4n) is 4.73. The molecular weight excluding hydrogens is 464 g/mol. The third-order valence-corrected chi connectivity index (χ3v) is 7.94. The Morgan fingerprint density at radius 1 is 1.03 bits per heavy atom. The van der Waals surface area contributed by atoms with Crippen LogP contribution in [0.1, 0.15) is 18.4 Å². The number of likely N-dealkylation sites (tertiary alicyclic amines) is 1. The van der Waals surface area contributed by atoms with Gasteiger partial charge in [-0.25, -0.2) is 8.42 Å². The Hall–Kier alpha value is -2.13. The molecule has 0 unspecified atom stereocenters. The van der Waals surface area contributed by atoms with Crippen molar-refractivity contribution in [2.45, 2.75) is 23.2 Å². The van der Waals surface area contributed by atoms with Crippen LogP contribution in [0.3, 0.4) is 0 Å². The van der Waals surface area contributed by atoms with Crippen molar-refractivity contribution < 1.29 is 22.7 Å². The second kappa shape index (κ2) is 9.62. The van der Waals surface area contributed by atoms with Gasteiger partial charge in [0.1, 0.15) is 12.4 Å². The Bertz CT molecular complexity index is 1110. The standard InChI is InChI=1S/C24H29ClN2O5S/c1-31-15-14-27-22-8-3-18(25)17-21(22)24(23(27)28)9-11-26(12-10-24)13-16-32-19-4-6-20(7-5-19)33(2,29)30/h3-8,17H,9-16H2,1-2H3. The maximum atomic E-state index is 13.5. The first-order valence-electron chi connectivity index (χ1n) is 11.0. The molecule has 7 nitrogen and oxygen atoms in total. The first-order valence-corrected chi connectivity index (χ1v) is 13.3. The summed E-state index contributed by atoms with van der Waals surface area (Å²) in [7, 11) is -1.58. The molecule has 33 heavy (non-hydrogen) atoms. The van der Waals surface area contributed by atoms with E-state index in [1.165, 1.54) is 6.26 Å². The van der Waals surface area contributed by atoms with Crippen molar-refractivity contribution in [3.63, 3.8) is 0 Å². The molecule has 2 aromatic carbocycles. The van der Waals surface area contributed by atoms with Crippen molar-refractivity contribution in [2.75, 3.05) is 57.7 Å². The van der Waals surface area contributed by atoms with E-state index in [9.17, 15) is 13.2 Å². The van der Waals surface area contributed by atoms with Gasteiger partial charge >= 0.3 is 0 Å². The van der Waals surface area contributed by atoms with Crippen molar-refractivity contribution in [1.82, 2.24) is 4.90 Å². The van der Waals surface area contributed by atoms with Gasteiger partial charge in [-0.1, -0.05) is 11.6 Å². The molecular formula is C24H29ClN2O5S. The zero-order valence-electron chi connectivity index (χ0n) is 18.9. The number of carbonyl (C=O) groups excluding carboxylic acids is 1. The van der Waals surface area contributed by atoms with Crippen LogP contribution in [0.25, 0.3) is 0 Å². The van der Waals surface area contributed by atoms with Crippen LogP contribution in [-0.2, 0) is 24.8 Å². The van der Waals surface area contributed by atoms with Gasteiger partial charge in [0.2, 0.25) is 5.91 Å². The van der Waals surface area contributed by atoms with Crippen LogP contribution in [-0.4, -0.2) is 72.0 Å². The number of anilines is 1. The van der Waals surface area contributed by atoms with Crippen LogP contribution in [0.2, 0.25) is 5.02 Å². The Kier molecular flexibility index (Phi) is 7.00. The van der Waals surface area contributed by atoms with E-state index in [2.05, 4.69) is 4.90 Å². The molecule has 0 N–H and O–H groups in total. The van der Waals surface area contributed by atoms with Crippen LogP contribution in [0.5, 0.6) is 5.75 Å². The summed E-state index contributed by atoms with van der Waals surface area (Å²) in [6.07, 6.45) is 2.64. The third kappa shape index (κ3) is 4.89. The number of fused-ring (bicyclic) bond motifs is 2. The number of piperidine rings is 1. The quantitative estimate of drug-likeness (QED) is 0.563. The molecule has 1 saturated heterocycles. The minimum Gasteiger partial charge on any atom is -0.492 e. The Morgan fingerprint density at radius 2 is 1.73 bits per heavy atom. The van der Waals surface area contributed by atoms with Crippen LogP contribution < -0.4 is 9.64 Å². The van der Waals surface area contributed by atoms with Crippen LogP contribution in [0.4, 0.5) is 5.69 Å². The molecule has 2 heterocycles. The predicted molar refractivity (Wildman–Crippen MR) is 128 cm³/mol. The van der Waals surface area contributed by atoms with Gasteiger partial charge in [0.25, 0.3) is 0 Å². The Morgan fingerprint density at radius 3 is 2.36 bits per heavy atom. The normalized spacial score (nSPS) is 18.0. The summed E-state index contributed by atoms with van der Waals surface area (Å²) in [6.45, 7) is 3.80. The molecule has 1 fully saturated rings. The minimum atomic E-state index is -3.22. The topological polar surface area (TPSA) is 76.2 Å². The summed E-state index contributed by atoms with van der Waals surface area (Å²) in [4.78, 5) is 17.9.